The number of thiophene rings is 1. The molecule has 1 aliphatic rings. The molecule has 8 nitrogen and oxygen atoms in total. The Kier molecular flexibility index (Phi) is 5.79. The second-order valence-electron chi connectivity index (χ2n) is 6.63. The maximum atomic E-state index is 12.6. The molecule has 0 atom stereocenters. The summed E-state index contributed by atoms with van der Waals surface area (Å²) in [6, 6.07) is 0. The predicted octanol–water partition coefficient (Wildman–Crippen LogP) is 1.70. The number of H-pyrrole nitrogens is 2. The Hall–Kier alpha value is -2.17. The Morgan fingerprint density at radius 2 is 2.21 bits per heavy atom. The summed E-state index contributed by atoms with van der Waals surface area (Å²) < 4.78 is 0. The molecule has 3 aromatic heterocycles. The van der Waals surface area contributed by atoms with Crippen LogP contribution >= 0.6 is 23.1 Å². The van der Waals surface area contributed by atoms with Crippen LogP contribution in [0.3, 0.4) is 0 Å². The van der Waals surface area contributed by atoms with Crippen LogP contribution in [0.5, 0.6) is 0 Å². The van der Waals surface area contributed by atoms with Gasteiger partial charge in [0, 0.05) is 23.8 Å². The molecule has 0 radical (unpaired) electrons. The summed E-state index contributed by atoms with van der Waals surface area (Å²) in [7, 11) is 0. The highest BCUT2D eigenvalue weighted by Gasteiger charge is 2.21. The smallest absolute Gasteiger partial charge is 0.260 e. The summed E-state index contributed by atoms with van der Waals surface area (Å²) in [5.74, 6) is 0.632. The Morgan fingerprint density at radius 3 is 3.00 bits per heavy atom. The van der Waals surface area contributed by atoms with E-state index in [1.807, 2.05) is 0 Å². The molecule has 1 amide bonds. The molecule has 0 aromatic carbocycles. The lowest BCUT2D eigenvalue weighted by Gasteiger charge is -2.20. The van der Waals surface area contributed by atoms with Crippen LogP contribution in [0.2, 0.25) is 0 Å². The van der Waals surface area contributed by atoms with Crippen LogP contribution in [0, 0.1) is 0 Å². The van der Waals surface area contributed by atoms with Gasteiger partial charge in [-0.3, -0.25) is 9.59 Å². The van der Waals surface area contributed by atoms with Gasteiger partial charge in [0.25, 0.3) is 5.56 Å². The third kappa shape index (κ3) is 3.98. The lowest BCUT2D eigenvalue weighted by molar-refractivity contribution is -0.129. The van der Waals surface area contributed by atoms with Crippen LogP contribution in [-0.4, -0.2) is 54.8 Å². The van der Waals surface area contributed by atoms with E-state index in [1.165, 1.54) is 21.5 Å². The first kappa shape index (κ1) is 19.2. The van der Waals surface area contributed by atoms with E-state index in [0.29, 0.717) is 17.5 Å². The molecule has 10 heteroatoms. The van der Waals surface area contributed by atoms with Crippen LogP contribution in [0.4, 0.5) is 0 Å². The number of aryl methyl sites for hydroxylation is 2. The molecule has 3 heterocycles. The molecule has 148 valence electrons. The fourth-order valence-corrected chi connectivity index (χ4v) is 5.50. The van der Waals surface area contributed by atoms with Crippen molar-refractivity contribution in [1.29, 1.82) is 0 Å². The van der Waals surface area contributed by atoms with Crippen LogP contribution in [-0.2, 0) is 24.2 Å². The summed E-state index contributed by atoms with van der Waals surface area (Å²) in [5.41, 5.74) is 1.03. The second kappa shape index (κ2) is 8.46. The lowest BCUT2D eigenvalue weighted by atomic mass is 9.97. The van der Waals surface area contributed by atoms with Gasteiger partial charge in [0.2, 0.25) is 5.91 Å². The number of fused-ring (bicyclic) bond motifs is 3. The van der Waals surface area contributed by atoms with E-state index in [4.69, 9.17) is 0 Å². The summed E-state index contributed by atoms with van der Waals surface area (Å²) in [6.07, 6.45) is 7.53. The van der Waals surface area contributed by atoms with Gasteiger partial charge in [-0.2, -0.15) is 0 Å². The molecule has 0 fully saturated rings. The van der Waals surface area contributed by atoms with Crippen molar-refractivity contribution >= 4 is 39.2 Å². The summed E-state index contributed by atoms with van der Waals surface area (Å²) in [4.78, 5) is 43.2. The fourth-order valence-electron chi connectivity index (χ4n) is 3.41. The normalized spacial score (nSPS) is 13.6. The summed E-state index contributed by atoms with van der Waals surface area (Å²) >= 11 is 2.80. The minimum absolute atomic E-state index is 0.123. The van der Waals surface area contributed by atoms with Crippen LogP contribution < -0.4 is 5.56 Å². The third-order valence-corrected chi connectivity index (χ3v) is 6.80. The van der Waals surface area contributed by atoms with Crippen molar-refractivity contribution in [3.8, 4) is 0 Å². The second-order valence-corrected chi connectivity index (χ2v) is 8.67. The van der Waals surface area contributed by atoms with E-state index in [9.17, 15) is 14.7 Å². The number of imidazole rings is 1. The number of aliphatic hydroxyl groups is 1. The number of nitrogens with zero attached hydrogens (tertiary/aromatic N) is 3. The Labute approximate surface area is 169 Å². The molecule has 0 unspecified atom stereocenters. The van der Waals surface area contributed by atoms with Gasteiger partial charge in [-0.05, 0) is 31.2 Å². The molecule has 1 aliphatic carbocycles. The van der Waals surface area contributed by atoms with Crippen molar-refractivity contribution in [1.82, 2.24) is 24.8 Å². The Morgan fingerprint density at radius 1 is 1.36 bits per heavy atom. The number of rotatable bonds is 7. The number of thioether (sulfide) groups is 1. The molecule has 0 bridgehead atoms. The summed E-state index contributed by atoms with van der Waals surface area (Å²) in [6.45, 7) is 0.396. The third-order valence-electron chi connectivity index (χ3n) is 4.75. The first-order valence-electron chi connectivity index (χ1n) is 9.20. The molecule has 3 N–H and O–H groups in total. The van der Waals surface area contributed by atoms with Gasteiger partial charge in [-0.15, -0.1) is 11.3 Å². The number of nitrogens with one attached hydrogen (secondary N) is 2. The highest BCUT2D eigenvalue weighted by atomic mass is 32.2. The highest BCUT2D eigenvalue weighted by Crippen LogP contribution is 2.34. The van der Waals surface area contributed by atoms with Crippen molar-refractivity contribution in [2.75, 3.05) is 18.9 Å². The quantitative estimate of drug-likeness (QED) is 0.397. The Bertz CT molecular complexity index is 1030. The maximum absolute atomic E-state index is 12.6. The van der Waals surface area contributed by atoms with Crippen LogP contribution in [0.1, 0.15) is 29.1 Å². The molecule has 3 aromatic rings. The molecule has 0 spiro atoms. The van der Waals surface area contributed by atoms with Crippen LogP contribution in [0.15, 0.2) is 22.3 Å². The standard InChI is InChI=1S/C18H21N5O3S2/c24-8-7-23(9-13-19-5-6-20-13)14(25)10-27-18-21-16(26)15-11-3-1-2-4-12(11)28-17(15)22-18/h5-6,24H,1-4,7-10H2,(H,19,20)(H,21,22,26). The molecular formula is C18H21N5O3S2. The van der Waals surface area contributed by atoms with Gasteiger partial charge in [0.1, 0.15) is 10.7 Å². The number of aromatic amines is 2. The first-order valence-corrected chi connectivity index (χ1v) is 11.0. The fraction of sp³-hybridized carbons (Fsp3) is 0.444. The first-order chi connectivity index (χ1) is 13.7. The topological polar surface area (TPSA) is 115 Å². The van der Waals surface area contributed by atoms with Gasteiger partial charge in [-0.25, -0.2) is 9.97 Å². The van der Waals surface area contributed by atoms with Crippen molar-refractivity contribution in [3.05, 3.63) is 39.0 Å². The summed E-state index contributed by atoms with van der Waals surface area (Å²) in [5, 5.41) is 10.4. The molecule has 28 heavy (non-hydrogen) atoms. The van der Waals surface area contributed by atoms with E-state index in [-0.39, 0.29) is 30.4 Å². The largest absolute Gasteiger partial charge is 0.395 e. The molecule has 0 saturated heterocycles. The SMILES string of the molecule is O=C(CSc1nc2sc3c(c2c(=O)[nH]1)CCCC3)N(CCO)Cc1ncc[nH]1. The average Bonchev–Trinajstić information content (AvgIpc) is 3.33. The van der Waals surface area contributed by atoms with Crippen LogP contribution in [0.25, 0.3) is 10.2 Å². The van der Waals surface area contributed by atoms with E-state index in [1.54, 1.807) is 23.7 Å². The number of aliphatic hydroxyl groups excluding tert-OH is 1. The van der Waals surface area contributed by atoms with Crippen molar-refractivity contribution in [2.45, 2.75) is 37.4 Å². The Balaban J connectivity index is 1.48. The van der Waals surface area contributed by atoms with Gasteiger partial charge >= 0.3 is 0 Å². The van der Waals surface area contributed by atoms with Gasteiger partial charge in [-0.1, -0.05) is 11.8 Å². The zero-order valence-corrected chi connectivity index (χ0v) is 16.9. The average molecular weight is 420 g/mol. The lowest BCUT2D eigenvalue weighted by Crippen LogP contribution is -2.34. The zero-order valence-electron chi connectivity index (χ0n) is 15.2. The van der Waals surface area contributed by atoms with E-state index >= 15 is 0 Å². The van der Waals surface area contributed by atoms with Gasteiger partial charge in [0.05, 0.1) is 24.3 Å². The van der Waals surface area contributed by atoms with Gasteiger partial charge in [0.15, 0.2) is 5.16 Å². The zero-order chi connectivity index (χ0) is 19.5. The molecule has 4 rings (SSSR count). The number of carbonyl (C=O) groups is 1. The molecule has 0 saturated carbocycles. The van der Waals surface area contributed by atoms with Crippen molar-refractivity contribution in [3.63, 3.8) is 0 Å². The molecule has 0 aliphatic heterocycles. The van der Waals surface area contributed by atoms with E-state index < -0.39 is 0 Å². The minimum atomic E-state index is -0.149. The van der Waals surface area contributed by atoms with Crippen molar-refractivity contribution < 1.29 is 9.90 Å². The maximum Gasteiger partial charge on any atom is 0.260 e. The number of aromatic nitrogens is 4. The van der Waals surface area contributed by atoms with E-state index in [2.05, 4.69) is 19.9 Å². The predicted molar refractivity (Wildman–Crippen MR) is 109 cm³/mol. The number of hydrogen-bond acceptors (Lipinski definition) is 7. The van der Waals surface area contributed by atoms with Crippen molar-refractivity contribution in [2.24, 2.45) is 0 Å². The highest BCUT2D eigenvalue weighted by molar-refractivity contribution is 7.99. The monoisotopic (exact) mass is 419 g/mol. The van der Waals surface area contributed by atoms with E-state index in [0.717, 1.165) is 41.5 Å². The number of hydrogen-bond donors (Lipinski definition) is 3. The molecular weight excluding hydrogens is 398 g/mol. The minimum Gasteiger partial charge on any atom is -0.395 e. The number of amides is 1. The van der Waals surface area contributed by atoms with Gasteiger partial charge < -0.3 is 20.0 Å². The number of carbonyl (C=O) groups excluding carboxylic acids is 1.